The van der Waals surface area contributed by atoms with E-state index in [0.717, 1.165) is 16.9 Å². The van der Waals surface area contributed by atoms with Gasteiger partial charge in [-0.2, -0.15) is 0 Å². The molecular weight excluding hydrogens is 320 g/mol. The first-order chi connectivity index (χ1) is 12.1. The molecule has 0 saturated heterocycles. The van der Waals surface area contributed by atoms with Crippen LogP contribution >= 0.6 is 0 Å². The summed E-state index contributed by atoms with van der Waals surface area (Å²) in [6, 6.07) is 12.9. The molecule has 1 aliphatic rings. The van der Waals surface area contributed by atoms with E-state index in [9.17, 15) is 9.59 Å². The molecule has 0 aromatic heterocycles. The zero-order chi connectivity index (χ0) is 17.6. The summed E-state index contributed by atoms with van der Waals surface area (Å²) in [7, 11) is 1.62. The van der Waals surface area contributed by atoms with Crippen molar-refractivity contribution in [1.29, 1.82) is 0 Å². The highest BCUT2D eigenvalue weighted by Crippen LogP contribution is 2.28. The first-order valence-electron chi connectivity index (χ1n) is 8.09. The smallest absolute Gasteiger partial charge is 0.227 e. The molecule has 6 nitrogen and oxygen atoms in total. The number of fused-ring (bicyclic) bond motifs is 1. The topological polar surface area (TPSA) is 76.7 Å². The van der Waals surface area contributed by atoms with Crippen LogP contribution < -0.4 is 20.1 Å². The van der Waals surface area contributed by atoms with Crippen molar-refractivity contribution in [2.45, 2.75) is 19.4 Å². The molecule has 0 atom stereocenters. The Morgan fingerprint density at radius 2 is 1.96 bits per heavy atom. The third-order valence-electron chi connectivity index (χ3n) is 3.92. The van der Waals surface area contributed by atoms with Crippen LogP contribution in [-0.2, 0) is 22.6 Å². The normalized spacial score (nSPS) is 13.1. The van der Waals surface area contributed by atoms with Crippen LogP contribution in [0.3, 0.4) is 0 Å². The van der Waals surface area contributed by atoms with Crippen LogP contribution in [0.15, 0.2) is 42.5 Å². The number of rotatable bonds is 5. The summed E-state index contributed by atoms with van der Waals surface area (Å²) in [5, 5.41) is 5.68. The van der Waals surface area contributed by atoms with Crippen LogP contribution in [-0.4, -0.2) is 25.5 Å². The lowest BCUT2D eigenvalue weighted by molar-refractivity contribution is -0.120. The predicted molar refractivity (Wildman–Crippen MR) is 93.7 cm³/mol. The first kappa shape index (κ1) is 16.8. The summed E-state index contributed by atoms with van der Waals surface area (Å²) in [5.74, 6) is 1.24. The van der Waals surface area contributed by atoms with Crippen molar-refractivity contribution in [3.63, 3.8) is 0 Å². The molecule has 3 rings (SSSR count). The van der Waals surface area contributed by atoms with E-state index in [0.29, 0.717) is 31.0 Å². The fourth-order valence-electron chi connectivity index (χ4n) is 2.57. The van der Waals surface area contributed by atoms with E-state index in [-0.39, 0.29) is 18.2 Å². The Kier molecular flexibility index (Phi) is 5.18. The lowest BCUT2D eigenvalue weighted by Gasteiger charge is -2.10. The molecule has 0 saturated carbocycles. The van der Waals surface area contributed by atoms with E-state index in [4.69, 9.17) is 9.47 Å². The van der Waals surface area contributed by atoms with Crippen molar-refractivity contribution >= 4 is 17.5 Å². The van der Waals surface area contributed by atoms with Crippen molar-refractivity contribution in [3.8, 4) is 11.5 Å². The van der Waals surface area contributed by atoms with Crippen molar-refractivity contribution < 1.29 is 19.1 Å². The molecule has 0 bridgehead atoms. The molecule has 0 radical (unpaired) electrons. The molecule has 6 heteroatoms. The van der Waals surface area contributed by atoms with Gasteiger partial charge in [-0.05, 0) is 35.4 Å². The molecule has 25 heavy (non-hydrogen) atoms. The van der Waals surface area contributed by atoms with E-state index < -0.39 is 0 Å². The van der Waals surface area contributed by atoms with E-state index in [2.05, 4.69) is 10.6 Å². The summed E-state index contributed by atoms with van der Waals surface area (Å²) in [6.45, 7) is 0.814. The molecule has 1 heterocycles. The van der Waals surface area contributed by atoms with Gasteiger partial charge in [0, 0.05) is 6.54 Å². The Hall–Kier alpha value is -3.02. The SMILES string of the molecule is COc1ccc(CNC(=O)Cc2ccc3c(c2)NC(=O)CCO3)cc1. The fraction of sp³-hybridized carbons (Fsp3) is 0.263. The number of ether oxygens (including phenoxy) is 2. The summed E-state index contributed by atoms with van der Waals surface area (Å²) < 4.78 is 10.6. The maximum atomic E-state index is 12.2. The van der Waals surface area contributed by atoms with Crippen LogP contribution in [0.25, 0.3) is 0 Å². The average molecular weight is 340 g/mol. The zero-order valence-electron chi connectivity index (χ0n) is 14.0. The number of carbonyl (C=O) groups is 2. The molecule has 1 aliphatic heterocycles. The quantitative estimate of drug-likeness (QED) is 0.875. The highest BCUT2D eigenvalue weighted by molar-refractivity contribution is 5.93. The number of amides is 2. The third-order valence-corrected chi connectivity index (χ3v) is 3.92. The molecule has 0 aliphatic carbocycles. The summed E-state index contributed by atoms with van der Waals surface area (Å²) in [4.78, 5) is 23.8. The Morgan fingerprint density at radius 1 is 1.20 bits per heavy atom. The first-order valence-corrected chi connectivity index (χ1v) is 8.09. The van der Waals surface area contributed by atoms with Crippen LogP contribution in [0, 0.1) is 0 Å². The van der Waals surface area contributed by atoms with Crippen LogP contribution in [0.5, 0.6) is 11.5 Å². The van der Waals surface area contributed by atoms with Gasteiger partial charge in [-0.15, -0.1) is 0 Å². The third kappa shape index (κ3) is 4.50. The average Bonchev–Trinajstić information content (AvgIpc) is 2.80. The largest absolute Gasteiger partial charge is 0.497 e. The summed E-state index contributed by atoms with van der Waals surface area (Å²) >= 11 is 0. The summed E-state index contributed by atoms with van der Waals surface area (Å²) in [5.41, 5.74) is 2.43. The van der Waals surface area contributed by atoms with Crippen molar-refractivity contribution in [2.75, 3.05) is 19.0 Å². The second kappa shape index (κ2) is 7.70. The fourth-order valence-corrected chi connectivity index (χ4v) is 2.57. The Balaban J connectivity index is 1.58. The highest BCUT2D eigenvalue weighted by atomic mass is 16.5. The molecule has 0 spiro atoms. The molecule has 130 valence electrons. The van der Waals surface area contributed by atoms with Gasteiger partial charge in [-0.3, -0.25) is 9.59 Å². The molecule has 2 N–H and O–H groups in total. The second-order valence-corrected chi connectivity index (χ2v) is 5.78. The number of hydrogen-bond donors (Lipinski definition) is 2. The number of nitrogens with one attached hydrogen (secondary N) is 2. The van der Waals surface area contributed by atoms with Crippen molar-refractivity contribution in [3.05, 3.63) is 53.6 Å². The van der Waals surface area contributed by atoms with Crippen molar-refractivity contribution in [1.82, 2.24) is 5.32 Å². The number of methoxy groups -OCH3 is 1. The van der Waals surface area contributed by atoms with E-state index in [1.165, 1.54) is 0 Å². The second-order valence-electron chi connectivity index (χ2n) is 5.78. The minimum atomic E-state index is -0.0864. The lowest BCUT2D eigenvalue weighted by atomic mass is 10.1. The van der Waals surface area contributed by atoms with Gasteiger partial charge in [0.15, 0.2) is 0 Å². The molecule has 2 aromatic carbocycles. The monoisotopic (exact) mass is 340 g/mol. The molecule has 2 aromatic rings. The standard InChI is InChI=1S/C19H20N2O4/c1-24-15-5-2-13(3-6-15)12-20-19(23)11-14-4-7-17-16(10-14)21-18(22)8-9-25-17/h2-7,10H,8-9,11-12H2,1H3,(H,20,23)(H,21,22). The van der Waals surface area contributed by atoms with E-state index in [1.807, 2.05) is 30.3 Å². The highest BCUT2D eigenvalue weighted by Gasteiger charge is 2.15. The summed E-state index contributed by atoms with van der Waals surface area (Å²) in [6.07, 6.45) is 0.561. The van der Waals surface area contributed by atoms with Gasteiger partial charge < -0.3 is 20.1 Å². The van der Waals surface area contributed by atoms with Gasteiger partial charge in [0.05, 0.1) is 32.2 Å². The number of carbonyl (C=O) groups excluding carboxylic acids is 2. The number of benzene rings is 2. The van der Waals surface area contributed by atoms with Gasteiger partial charge in [-0.1, -0.05) is 18.2 Å². The zero-order valence-corrected chi connectivity index (χ0v) is 14.0. The maximum absolute atomic E-state index is 12.2. The Morgan fingerprint density at radius 3 is 2.72 bits per heavy atom. The van der Waals surface area contributed by atoms with Crippen molar-refractivity contribution in [2.24, 2.45) is 0 Å². The van der Waals surface area contributed by atoms with Gasteiger partial charge in [0.2, 0.25) is 11.8 Å². The maximum Gasteiger partial charge on any atom is 0.227 e. The Bertz CT molecular complexity index is 771. The minimum absolute atomic E-state index is 0.0835. The van der Waals surface area contributed by atoms with Crippen LogP contribution in [0.1, 0.15) is 17.5 Å². The molecule has 0 fully saturated rings. The van der Waals surface area contributed by atoms with Gasteiger partial charge in [0.1, 0.15) is 11.5 Å². The van der Waals surface area contributed by atoms with E-state index >= 15 is 0 Å². The lowest BCUT2D eigenvalue weighted by Crippen LogP contribution is -2.24. The van der Waals surface area contributed by atoms with Crippen LogP contribution in [0.2, 0.25) is 0 Å². The minimum Gasteiger partial charge on any atom is -0.497 e. The van der Waals surface area contributed by atoms with Gasteiger partial charge in [0.25, 0.3) is 0 Å². The molecular formula is C19H20N2O4. The van der Waals surface area contributed by atoms with Gasteiger partial charge >= 0.3 is 0 Å². The van der Waals surface area contributed by atoms with E-state index in [1.54, 1.807) is 19.2 Å². The van der Waals surface area contributed by atoms with Gasteiger partial charge in [-0.25, -0.2) is 0 Å². The van der Waals surface area contributed by atoms with Crippen LogP contribution in [0.4, 0.5) is 5.69 Å². The number of hydrogen-bond acceptors (Lipinski definition) is 4. The predicted octanol–water partition coefficient (Wildman–Crippen LogP) is 2.28. The Labute approximate surface area is 146 Å². The number of anilines is 1. The molecule has 0 unspecified atom stereocenters. The molecule has 2 amide bonds.